The molecule has 0 saturated carbocycles. The van der Waals surface area contributed by atoms with E-state index in [0.29, 0.717) is 19.3 Å². The summed E-state index contributed by atoms with van der Waals surface area (Å²) in [5.74, 6) is -0.685. The van der Waals surface area contributed by atoms with E-state index in [1.807, 2.05) is 42.5 Å². The highest BCUT2D eigenvalue weighted by Gasteiger charge is 2.27. The number of para-hydroxylation sites is 1. The van der Waals surface area contributed by atoms with Crippen LogP contribution < -0.4 is 20.9 Å². The number of benzene rings is 2. The van der Waals surface area contributed by atoms with Crippen LogP contribution in [0, 0.1) is 5.92 Å². The zero-order valence-electron chi connectivity index (χ0n) is 20.5. The third kappa shape index (κ3) is 6.62. The molecule has 2 aliphatic rings. The van der Waals surface area contributed by atoms with Gasteiger partial charge in [-0.2, -0.15) is 0 Å². The van der Waals surface area contributed by atoms with Crippen LogP contribution in [0.25, 0.3) is 0 Å². The van der Waals surface area contributed by atoms with Gasteiger partial charge in [0.15, 0.2) is 0 Å². The van der Waals surface area contributed by atoms with Gasteiger partial charge in [-0.25, -0.2) is 0 Å². The van der Waals surface area contributed by atoms with Gasteiger partial charge < -0.3 is 20.9 Å². The highest BCUT2D eigenvalue weighted by molar-refractivity contribution is 5.98. The van der Waals surface area contributed by atoms with Crippen molar-refractivity contribution in [1.29, 1.82) is 0 Å². The van der Waals surface area contributed by atoms with Crippen LogP contribution in [-0.4, -0.2) is 36.9 Å². The van der Waals surface area contributed by atoms with Crippen LogP contribution in [0.5, 0.6) is 0 Å². The predicted molar refractivity (Wildman–Crippen MR) is 139 cm³/mol. The molecule has 186 valence electrons. The first kappa shape index (κ1) is 24.8. The summed E-state index contributed by atoms with van der Waals surface area (Å²) in [6.45, 7) is 4.14. The van der Waals surface area contributed by atoms with Crippen molar-refractivity contribution in [3.05, 3.63) is 54.1 Å². The number of carbonyl (C=O) groups is 3. The van der Waals surface area contributed by atoms with Crippen LogP contribution in [-0.2, 0) is 20.8 Å². The Morgan fingerprint density at radius 3 is 2.71 bits per heavy atom. The summed E-state index contributed by atoms with van der Waals surface area (Å²) in [6.07, 6.45) is 6.03. The van der Waals surface area contributed by atoms with E-state index in [1.165, 1.54) is 12.8 Å². The lowest BCUT2D eigenvalue weighted by Crippen LogP contribution is -2.44. The first-order chi connectivity index (χ1) is 17.0. The van der Waals surface area contributed by atoms with Crippen LogP contribution in [0.3, 0.4) is 0 Å². The SMILES string of the molecule is CCCCC(NC(=O)CCC1Cc2ccccc2NC1=O)C(=O)Nc1cccc(N2CCCC2)c1. The van der Waals surface area contributed by atoms with Gasteiger partial charge in [-0.05, 0) is 61.9 Å². The molecule has 2 heterocycles. The van der Waals surface area contributed by atoms with Gasteiger partial charge in [0.1, 0.15) is 6.04 Å². The average molecular weight is 477 g/mol. The minimum atomic E-state index is -0.598. The molecule has 0 radical (unpaired) electrons. The Balaban J connectivity index is 1.32. The molecule has 0 bridgehead atoms. The number of rotatable bonds is 10. The Hall–Kier alpha value is -3.35. The molecule has 35 heavy (non-hydrogen) atoms. The summed E-state index contributed by atoms with van der Waals surface area (Å²) in [7, 11) is 0. The Kier molecular flexibility index (Phi) is 8.40. The van der Waals surface area contributed by atoms with E-state index in [2.05, 4.69) is 33.8 Å². The number of hydrogen-bond acceptors (Lipinski definition) is 4. The van der Waals surface area contributed by atoms with Crippen molar-refractivity contribution in [1.82, 2.24) is 5.32 Å². The Labute approximate surface area is 207 Å². The molecule has 2 unspecified atom stereocenters. The van der Waals surface area contributed by atoms with E-state index in [4.69, 9.17) is 0 Å². The van der Waals surface area contributed by atoms with Gasteiger partial charge in [-0.15, -0.1) is 0 Å². The predicted octanol–water partition coefficient (Wildman–Crippen LogP) is 4.49. The second kappa shape index (κ2) is 11.9. The van der Waals surface area contributed by atoms with Gasteiger partial charge in [0, 0.05) is 42.5 Å². The molecule has 7 nitrogen and oxygen atoms in total. The number of nitrogens with one attached hydrogen (secondary N) is 3. The molecule has 0 aliphatic carbocycles. The highest BCUT2D eigenvalue weighted by atomic mass is 16.2. The van der Waals surface area contributed by atoms with Crippen LogP contribution in [0.1, 0.15) is 57.4 Å². The molecule has 2 aromatic rings. The van der Waals surface area contributed by atoms with Crippen molar-refractivity contribution in [2.75, 3.05) is 28.6 Å². The van der Waals surface area contributed by atoms with Gasteiger partial charge >= 0.3 is 0 Å². The summed E-state index contributed by atoms with van der Waals surface area (Å²) in [6, 6.07) is 15.1. The summed E-state index contributed by atoms with van der Waals surface area (Å²) in [4.78, 5) is 40.6. The third-order valence-electron chi connectivity index (χ3n) is 6.92. The maximum absolute atomic E-state index is 13.1. The number of unbranched alkanes of at least 4 members (excludes halogenated alkanes) is 1. The van der Waals surface area contributed by atoms with Crippen LogP contribution in [0.15, 0.2) is 48.5 Å². The molecule has 2 atom stereocenters. The lowest BCUT2D eigenvalue weighted by molar-refractivity contribution is -0.127. The van der Waals surface area contributed by atoms with E-state index < -0.39 is 6.04 Å². The maximum atomic E-state index is 13.1. The number of carbonyl (C=O) groups excluding carboxylic acids is 3. The second-order valence-corrected chi connectivity index (χ2v) is 9.58. The minimum Gasteiger partial charge on any atom is -0.371 e. The first-order valence-electron chi connectivity index (χ1n) is 12.9. The van der Waals surface area contributed by atoms with Crippen molar-refractivity contribution in [2.45, 2.75) is 64.3 Å². The van der Waals surface area contributed by atoms with Crippen LogP contribution in [0.2, 0.25) is 0 Å². The molecule has 7 heteroatoms. The van der Waals surface area contributed by atoms with E-state index in [-0.39, 0.29) is 30.1 Å². The molecular formula is C28H36N4O3. The number of hydrogen-bond donors (Lipinski definition) is 3. The number of amides is 3. The van der Waals surface area contributed by atoms with Gasteiger partial charge in [0.05, 0.1) is 0 Å². The highest BCUT2D eigenvalue weighted by Crippen LogP contribution is 2.27. The fourth-order valence-corrected chi connectivity index (χ4v) is 4.88. The molecule has 2 aliphatic heterocycles. The molecule has 2 aromatic carbocycles. The average Bonchev–Trinajstić information content (AvgIpc) is 3.40. The zero-order valence-corrected chi connectivity index (χ0v) is 20.5. The van der Waals surface area contributed by atoms with Crippen molar-refractivity contribution in [3.8, 4) is 0 Å². The Morgan fingerprint density at radius 2 is 1.91 bits per heavy atom. The molecule has 3 amide bonds. The molecule has 3 N–H and O–H groups in total. The fraction of sp³-hybridized carbons (Fsp3) is 0.464. The summed E-state index contributed by atoms with van der Waals surface area (Å²) in [5, 5.41) is 8.86. The Morgan fingerprint density at radius 1 is 1.11 bits per heavy atom. The maximum Gasteiger partial charge on any atom is 0.246 e. The van der Waals surface area contributed by atoms with Gasteiger partial charge in [0.25, 0.3) is 0 Å². The molecular weight excluding hydrogens is 440 g/mol. The molecule has 4 rings (SSSR count). The van der Waals surface area contributed by atoms with E-state index in [0.717, 1.165) is 48.6 Å². The van der Waals surface area contributed by atoms with Gasteiger partial charge in [-0.3, -0.25) is 14.4 Å². The monoisotopic (exact) mass is 476 g/mol. The van der Waals surface area contributed by atoms with Crippen LogP contribution >= 0.6 is 0 Å². The van der Waals surface area contributed by atoms with Crippen molar-refractivity contribution >= 4 is 34.8 Å². The summed E-state index contributed by atoms with van der Waals surface area (Å²) < 4.78 is 0. The minimum absolute atomic E-state index is 0.0466. The normalized spacial score (nSPS) is 17.9. The number of nitrogens with zero attached hydrogens (tertiary/aromatic N) is 1. The van der Waals surface area contributed by atoms with Crippen LogP contribution in [0.4, 0.5) is 17.1 Å². The van der Waals surface area contributed by atoms with Gasteiger partial charge in [0.2, 0.25) is 17.7 Å². The zero-order chi connectivity index (χ0) is 24.6. The first-order valence-corrected chi connectivity index (χ1v) is 12.9. The van der Waals surface area contributed by atoms with Crippen molar-refractivity contribution in [3.63, 3.8) is 0 Å². The Bertz CT molecular complexity index is 1050. The lowest BCUT2D eigenvalue weighted by atomic mass is 9.89. The molecule has 1 fully saturated rings. The molecule has 0 aromatic heterocycles. The van der Waals surface area contributed by atoms with E-state index in [9.17, 15) is 14.4 Å². The molecule has 0 spiro atoms. The largest absolute Gasteiger partial charge is 0.371 e. The topological polar surface area (TPSA) is 90.5 Å². The summed E-state index contributed by atoms with van der Waals surface area (Å²) in [5.41, 5.74) is 3.80. The number of anilines is 3. The molecule has 1 saturated heterocycles. The van der Waals surface area contributed by atoms with E-state index >= 15 is 0 Å². The smallest absolute Gasteiger partial charge is 0.246 e. The quantitative estimate of drug-likeness (QED) is 0.471. The van der Waals surface area contributed by atoms with Crippen molar-refractivity contribution in [2.24, 2.45) is 5.92 Å². The summed E-state index contributed by atoms with van der Waals surface area (Å²) >= 11 is 0. The number of fused-ring (bicyclic) bond motifs is 1. The van der Waals surface area contributed by atoms with Crippen molar-refractivity contribution < 1.29 is 14.4 Å². The third-order valence-corrected chi connectivity index (χ3v) is 6.92. The lowest BCUT2D eigenvalue weighted by Gasteiger charge is -2.25. The fourth-order valence-electron chi connectivity index (χ4n) is 4.88. The van der Waals surface area contributed by atoms with E-state index in [1.54, 1.807) is 0 Å². The standard InChI is InChI=1S/C28H36N4O3/c1-2-3-12-25(28(35)29-22-10-8-11-23(19-22)32-16-6-7-17-32)30-26(33)15-14-21-18-20-9-4-5-13-24(20)31-27(21)34/h4-5,8-11,13,19,21,25H,2-3,6-7,12,14-18H2,1H3,(H,29,35)(H,30,33)(H,31,34). The van der Waals surface area contributed by atoms with Gasteiger partial charge in [-0.1, -0.05) is 44.0 Å². The second-order valence-electron chi connectivity index (χ2n) is 9.58.